The molecule has 0 bridgehead atoms. The van der Waals surface area contributed by atoms with Crippen LogP contribution in [0.1, 0.15) is 17.5 Å². The summed E-state index contributed by atoms with van der Waals surface area (Å²) in [6, 6.07) is 13.5. The molecule has 0 saturated carbocycles. The van der Waals surface area contributed by atoms with Crippen molar-refractivity contribution >= 4 is 27.6 Å². The summed E-state index contributed by atoms with van der Waals surface area (Å²) in [5.41, 5.74) is 3.57. The van der Waals surface area contributed by atoms with Crippen LogP contribution in [0, 0.1) is 0 Å². The molecule has 2 aromatic rings. The standard InChI is InChI=1S/C18H19BrN2O2/c19-15-5-2-6-16(12-15)21-18(22)20-9-10-23-17-8-7-13-3-1-4-14(13)11-17/h2,5-8,11-12H,1,3-4,9-10H2,(H2,20,21,22). The number of halogens is 1. The molecule has 0 radical (unpaired) electrons. The summed E-state index contributed by atoms with van der Waals surface area (Å²) in [5.74, 6) is 0.875. The number of rotatable bonds is 5. The van der Waals surface area contributed by atoms with Crippen LogP contribution in [0.4, 0.5) is 10.5 Å². The van der Waals surface area contributed by atoms with E-state index in [4.69, 9.17) is 4.74 Å². The molecule has 4 nitrogen and oxygen atoms in total. The van der Waals surface area contributed by atoms with Crippen LogP contribution in [0.5, 0.6) is 5.75 Å². The lowest BCUT2D eigenvalue weighted by molar-refractivity contribution is 0.247. The minimum atomic E-state index is -0.236. The number of amides is 2. The Labute approximate surface area is 144 Å². The number of benzene rings is 2. The Morgan fingerprint density at radius 3 is 2.87 bits per heavy atom. The number of carbonyl (C=O) groups is 1. The van der Waals surface area contributed by atoms with E-state index in [1.54, 1.807) is 0 Å². The van der Waals surface area contributed by atoms with Gasteiger partial charge in [-0.3, -0.25) is 0 Å². The van der Waals surface area contributed by atoms with Gasteiger partial charge in [0.2, 0.25) is 0 Å². The number of carbonyl (C=O) groups excluding carboxylic acids is 1. The number of anilines is 1. The Balaban J connectivity index is 1.40. The molecule has 0 aromatic heterocycles. The first-order valence-electron chi connectivity index (χ1n) is 7.76. The van der Waals surface area contributed by atoms with Gasteiger partial charge in [-0.2, -0.15) is 0 Å². The van der Waals surface area contributed by atoms with Gasteiger partial charge in [0.15, 0.2) is 0 Å². The van der Waals surface area contributed by atoms with Crippen molar-refractivity contribution in [1.82, 2.24) is 5.32 Å². The van der Waals surface area contributed by atoms with Crippen molar-refractivity contribution in [2.45, 2.75) is 19.3 Å². The monoisotopic (exact) mass is 374 g/mol. The molecule has 5 heteroatoms. The fourth-order valence-corrected chi connectivity index (χ4v) is 3.11. The quantitative estimate of drug-likeness (QED) is 0.772. The number of fused-ring (bicyclic) bond motifs is 1. The number of hydrogen-bond acceptors (Lipinski definition) is 2. The normalized spacial score (nSPS) is 12.6. The van der Waals surface area contributed by atoms with Crippen LogP contribution in [-0.4, -0.2) is 19.2 Å². The Hall–Kier alpha value is -2.01. The maximum atomic E-state index is 11.8. The summed E-state index contributed by atoms with van der Waals surface area (Å²) in [4.78, 5) is 11.8. The van der Waals surface area contributed by atoms with Crippen LogP contribution in [0.3, 0.4) is 0 Å². The molecular formula is C18H19BrN2O2. The highest BCUT2D eigenvalue weighted by Crippen LogP contribution is 2.25. The van der Waals surface area contributed by atoms with Gasteiger partial charge in [0.25, 0.3) is 0 Å². The second-order valence-electron chi connectivity index (χ2n) is 5.52. The largest absolute Gasteiger partial charge is 0.492 e. The van der Waals surface area contributed by atoms with Crippen molar-refractivity contribution in [3.8, 4) is 5.75 Å². The van der Waals surface area contributed by atoms with Crippen molar-refractivity contribution < 1.29 is 9.53 Å². The maximum Gasteiger partial charge on any atom is 0.319 e. The van der Waals surface area contributed by atoms with Crippen LogP contribution < -0.4 is 15.4 Å². The SMILES string of the molecule is O=C(NCCOc1ccc2c(c1)CCC2)Nc1cccc(Br)c1. The van der Waals surface area contributed by atoms with Crippen LogP contribution in [-0.2, 0) is 12.8 Å². The van der Waals surface area contributed by atoms with Crippen molar-refractivity contribution in [2.75, 3.05) is 18.5 Å². The van der Waals surface area contributed by atoms with Crippen LogP contribution >= 0.6 is 15.9 Å². The number of aryl methyl sites for hydroxylation is 2. The van der Waals surface area contributed by atoms with Crippen LogP contribution in [0.25, 0.3) is 0 Å². The molecule has 1 aliphatic carbocycles. The summed E-state index contributed by atoms with van der Waals surface area (Å²) in [5, 5.41) is 5.56. The van der Waals surface area contributed by atoms with Gasteiger partial charge in [0, 0.05) is 10.2 Å². The molecule has 1 aliphatic rings. The summed E-state index contributed by atoms with van der Waals surface area (Å²) in [6.07, 6.45) is 3.54. The Kier molecular flexibility index (Phi) is 5.18. The highest BCUT2D eigenvalue weighted by Gasteiger charge is 2.11. The average molecular weight is 375 g/mol. The zero-order valence-electron chi connectivity index (χ0n) is 12.8. The smallest absolute Gasteiger partial charge is 0.319 e. The highest BCUT2D eigenvalue weighted by molar-refractivity contribution is 9.10. The lowest BCUT2D eigenvalue weighted by Gasteiger charge is -2.10. The van der Waals surface area contributed by atoms with Crippen LogP contribution in [0.2, 0.25) is 0 Å². The van der Waals surface area contributed by atoms with Crippen LogP contribution in [0.15, 0.2) is 46.9 Å². The van der Waals surface area contributed by atoms with Crippen molar-refractivity contribution in [3.05, 3.63) is 58.1 Å². The molecule has 0 aliphatic heterocycles. The Morgan fingerprint density at radius 2 is 2.00 bits per heavy atom. The molecule has 0 fully saturated rings. The molecule has 3 rings (SSSR count). The lowest BCUT2D eigenvalue weighted by atomic mass is 10.1. The minimum absolute atomic E-state index is 0.236. The van der Waals surface area contributed by atoms with E-state index in [0.29, 0.717) is 13.2 Å². The number of nitrogens with one attached hydrogen (secondary N) is 2. The third kappa shape index (κ3) is 4.48. The number of ether oxygens (including phenoxy) is 1. The topological polar surface area (TPSA) is 50.4 Å². The maximum absolute atomic E-state index is 11.8. The van der Waals surface area contributed by atoms with E-state index >= 15 is 0 Å². The van der Waals surface area contributed by atoms with E-state index in [0.717, 1.165) is 22.3 Å². The predicted octanol–water partition coefficient (Wildman–Crippen LogP) is 4.14. The molecular weight excluding hydrogens is 356 g/mol. The molecule has 2 N–H and O–H groups in total. The van der Waals surface area contributed by atoms with Crippen molar-refractivity contribution in [3.63, 3.8) is 0 Å². The molecule has 23 heavy (non-hydrogen) atoms. The van der Waals surface area contributed by atoms with Gasteiger partial charge in [-0.15, -0.1) is 0 Å². The summed E-state index contributed by atoms with van der Waals surface area (Å²) < 4.78 is 6.63. The van der Waals surface area contributed by atoms with Gasteiger partial charge in [-0.25, -0.2) is 4.79 Å². The number of hydrogen-bond donors (Lipinski definition) is 2. The second kappa shape index (κ2) is 7.51. The van der Waals surface area contributed by atoms with Gasteiger partial charge in [0.05, 0.1) is 6.54 Å². The minimum Gasteiger partial charge on any atom is -0.492 e. The zero-order valence-corrected chi connectivity index (χ0v) is 14.4. The third-order valence-corrected chi connectivity index (χ3v) is 4.30. The first-order valence-corrected chi connectivity index (χ1v) is 8.55. The average Bonchev–Trinajstić information content (AvgIpc) is 2.99. The summed E-state index contributed by atoms with van der Waals surface area (Å²) in [7, 11) is 0. The molecule has 0 spiro atoms. The van der Waals surface area contributed by atoms with Gasteiger partial charge in [0.1, 0.15) is 12.4 Å². The fraction of sp³-hybridized carbons (Fsp3) is 0.278. The first kappa shape index (κ1) is 15.9. The van der Waals surface area contributed by atoms with E-state index in [-0.39, 0.29) is 6.03 Å². The molecule has 2 aromatic carbocycles. The third-order valence-electron chi connectivity index (χ3n) is 3.81. The lowest BCUT2D eigenvalue weighted by Crippen LogP contribution is -2.32. The van der Waals surface area contributed by atoms with Crippen molar-refractivity contribution in [2.24, 2.45) is 0 Å². The Morgan fingerprint density at radius 1 is 1.13 bits per heavy atom. The van der Waals surface area contributed by atoms with E-state index in [9.17, 15) is 4.79 Å². The van der Waals surface area contributed by atoms with E-state index in [2.05, 4.69) is 38.7 Å². The molecule has 120 valence electrons. The summed E-state index contributed by atoms with van der Waals surface area (Å²) in [6.45, 7) is 0.904. The zero-order chi connectivity index (χ0) is 16.1. The molecule has 0 heterocycles. The predicted molar refractivity (Wildman–Crippen MR) is 95.1 cm³/mol. The van der Waals surface area contributed by atoms with Gasteiger partial charge in [-0.05, 0) is 60.7 Å². The van der Waals surface area contributed by atoms with Crippen molar-refractivity contribution in [1.29, 1.82) is 0 Å². The first-order chi connectivity index (χ1) is 11.2. The number of urea groups is 1. The van der Waals surface area contributed by atoms with E-state index < -0.39 is 0 Å². The highest BCUT2D eigenvalue weighted by atomic mass is 79.9. The summed E-state index contributed by atoms with van der Waals surface area (Å²) >= 11 is 3.37. The molecule has 2 amide bonds. The molecule has 0 saturated heterocycles. The second-order valence-corrected chi connectivity index (χ2v) is 6.44. The van der Waals surface area contributed by atoms with Gasteiger partial charge < -0.3 is 15.4 Å². The Bertz CT molecular complexity index is 703. The molecule has 0 unspecified atom stereocenters. The van der Waals surface area contributed by atoms with Gasteiger partial charge in [-0.1, -0.05) is 28.1 Å². The fourth-order valence-electron chi connectivity index (χ4n) is 2.71. The van der Waals surface area contributed by atoms with E-state index in [1.807, 2.05) is 30.3 Å². The van der Waals surface area contributed by atoms with Gasteiger partial charge >= 0.3 is 6.03 Å². The molecule has 0 atom stereocenters. The van der Waals surface area contributed by atoms with E-state index in [1.165, 1.54) is 24.0 Å².